The number of imide groups is 1. The Morgan fingerprint density at radius 3 is 2.47 bits per heavy atom. The van der Waals surface area contributed by atoms with Crippen LogP contribution in [0.5, 0.6) is 0 Å². The van der Waals surface area contributed by atoms with E-state index in [1.165, 1.54) is 4.90 Å². The molecular weight excluding hydrogens is 396 g/mol. The highest BCUT2D eigenvalue weighted by Crippen LogP contribution is 2.31. The lowest BCUT2D eigenvalue weighted by Crippen LogP contribution is -2.37. The summed E-state index contributed by atoms with van der Waals surface area (Å²) in [6.07, 6.45) is 1.96. The summed E-state index contributed by atoms with van der Waals surface area (Å²) in [7, 11) is 0. The van der Waals surface area contributed by atoms with Crippen LogP contribution in [0.1, 0.15) is 11.1 Å². The molecule has 1 N–H and O–H groups in total. The van der Waals surface area contributed by atoms with E-state index in [2.05, 4.69) is 5.32 Å². The maximum Gasteiger partial charge on any atom is 0.293 e. The molecule has 1 fully saturated rings. The third-order valence-electron chi connectivity index (χ3n) is 4.81. The fourth-order valence-corrected chi connectivity index (χ4v) is 4.16. The Labute approximate surface area is 178 Å². The molecule has 0 spiro atoms. The molecule has 4 rings (SSSR count). The molecule has 0 unspecified atom stereocenters. The summed E-state index contributed by atoms with van der Waals surface area (Å²) in [5, 5.41) is 4.70. The molecule has 30 heavy (non-hydrogen) atoms. The van der Waals surface area contributed by atoms with Gasteiger partial charge in [0.25, 0.3) is 11.1 Å². The van der Waals surface area contributed by atoms with E-state index in [0.717, 1.165) is 33.7 Å². The average molecular weight is 417 g/mol. The number of carbonyl (C=O) groups excluding carboxylic acids is 3. The second-order valence-electron chi connectivity index (χ2n) is 6.95. The molecule has 1 heterocycles. The Balaban J connectivity index is 1.31. The Bertz CT molecular complexity index is 1140. The van der Waals surface area contributed by atoms with E-state index in [0.29, 0.717) is 4.91 Å². The minimum absolute atomic E-state index is 0.142. The number of fused-ring (bicyclic) bond motifs is 1. The molecule has 3 aromatic rings. The topological polar surface area (TPSA) is 66.5 Å². The lowest BCUT2D eigenvalue weighted by atomic mass is 10.1. The molecule has 1 aliphatic heterocycles. The van der Waals surface area contributed by atoms with Crippen LogP contribution in [0, 0.1) is 0 Å². The van der Waals surface area contributed by atoms with Gasteiger partial charge in [-0.1, -0.05) is 72.8 Å². The maximum absolute atomic E-state index is 12.5. The van der Waals surface area contributed by atoms with Crippen LogP contribution in [0.15, 0.2) is 77.7 Å². The summed E-state index contributed by atoms with van der Waals surface area (Å²) in [6.45, 7) is 0.378. The van der Waals surface area contributed by atoms with E-state index in [1.54, 1.807) is 6.08 Å². The monoisotopic (exact) mass is 416 g/mol. The highest BCUT2D eigenvalue weighted by Gasteiger charge is 2.34. The summed E-state index contributed by atoms with van der Waals surface area (Å²) in [5.41, 5.74) is 1.79. The summed E-state index contributed by atoms with van der Waals surface area (Å²) in [5.74, 6) is -0.463. The molecule has 1 aliphatic rings. The Hall–Kier alpha value is -3.38. The molecule has 0 saturated carbocycles. The number of amides is 3. The van der Waals surface area contributed by atoms with Crippen LogP contribution in [0.4, 0.5) is 4.79 Å². The van der Waals surface area contributed by atoms with Crippen molar-refractivity contribution in [2.24, 2.45) is 0 Å². The van der Waals surface area contributed by atoms with Gasteiger partial charge in [-0.05, 0) is 39.7 Å². The standard InChI is InChI=1S/C24H20N2O3S/c27-22(16-18-10-11-19-8-4-5-9-20(19)14-18)25-12-13-26-23(28)21(30-24(26)29)15-17-6-2-1-3-7-17/h1-11,14-15H,12-13,16H2,(H,25,27)/b21-15-. The zero-order valence-electron chi connectivity index (χ0n) is 16.2. The van der Waals surface area contributed by atoms with Crippen LogP contribution < -0.4 is 5.32 Å². The first kappa shape index (κ1) is 19.9. The minimum atomic E-state index is -0.322. The highest BCUT2D eigenvalue weighted by atomic mass is 32.2. The number of rotatable bonds is 6. The van der Waals surface area contributed by atoms with Crippen molar-refractivity contribution in [3.8, 4) is 0 Å². The van der Waals surface area contributed by atoms with Gasteiger partial charge in [-0.15, -0.1) is 0 Å². The molecule has 6 heteroatoms. The first-order valence-corrected chi connectivity index (χ1v) is 10.5. The molecule has 0 aliphatic carbocycles. The molecule has 5 nitrogen and oxygen atoms in total. The van der Waals surface area contributed by atoms with Gasteiger partial charge in [-0.3, -0.25) is 19.3 Å². The van der Waals surface area contributed by atoms with Crippen LogP contribution in [-0.4, -0.2) is 35.0 Å². The average Bonchev–Trinajstić information content (AvgIpc) is 3.01. The number of benzene rings is 3. The van der Waals surface area contributed by atoms with Crippen molar-refractivity contribution in [3.05, 3.63) is 88.8 Å². The van der Waals surface area contributed by atoms with Crippen LogP contribution in [0.3, 0.4) is 0 Å². The van der Waals surface area contributed by atoms with E-state index in [1.807, 2.05) is 72.8 Å². The third-order valence-corrected chi connectivity index (χ3v) is 5.71. The van der Waals surface area contributed by atoms with Crippen LogP contribution in [-0.2, 0) is 16.0 Å². The van der Waals surface area contributed by atoms with Gasteiger partial charge in [0.15, 0.2) is 0 Å². The number of carbonyl (C=O) groups is 3. The molecule has 0 atom stereocenters. The normalized spacial score (nSPS) is 15.2. The molecule has 3 aromatic carbocycles. The van der Waals surface area contributed by atoms with Crippen LogP contribution in [0.2, 0.25) is 0 Å². The summed E-state index contributed by atoms with van der Waals surface area (Å²) in [4.78, 5) is 38.6. The number of hydrogen-bond donors (Lipinski definition) is 1. The zero-order valence-corrected chi connectivity index (χ0v) is 17.0. The second-order valence-corrected chi connectivity index (χ2v) is 7.95. The van der Waals surface area contributed by atoms with E-state index < -0.39 is 0 Å². The zero-order chi connectivity index (χ0) is 20.9. The van der Waals surface area contributed by atoms with Gasteiger partial charge in [-0.2, -0.15) is 0 Å². The number of thioether (sulfide) groups is 1. The van der Waals surface area contributed by atoms with Gasteiger partial charge in [-0.25, -0.2) is 0 Å². The van der Waals surface area contributed by atoms with E-state index in [9.17, 15) is 14.4 Å². The summed E-state index contributed by atoms with van der Waals surface area (Å²) >= 11 is 0.925. The van der Waals surface area contributed by atoms with Gasteiger partial charge < -0.3 is 5.32 Å². The lowest BCUT2D eigenvalue weighted by Gasteiger charge is -2.13. The van der Waals surface area contributed by atoms with E-state index in [4.69, 9.17) is 0 Å². The molecule has 0 aromatic heterocycles. The molecule has 0 bridgehead atoms. The van der Waals surface area contributed by atoms with Crippen LogP contribution in [0.25, 0.3) is 16.8 Å². The van der Waals surface area contributed by atoms with Crippen molar-refractivity contribution in [2.45, 2.75) is 6.42 Å². The number of hydrogen-bond acceptors (Lipinski definition) is 4. The molecule has 1 saturated heterocycles. The highest BCUT2D eigenvalue weighted by molar-refractivity contribution is 8.18. The fourth-order valence-electron chi connectivity index (χ4n) is 3.30. The van der Waals surface area contributed by atoms with Gasteiger partial charge >= 0.3 is 0 Å². The SMILES string of the molecule is O=C(Cc1ccc2ccccc2c1)NCCN1C(=O)S/C(=C\c2ccccc2)C1=O. The van der Waals surface area contributed by atoms with Gasteiger partial charge in [0.2, 0.25) is 5.91 Å². The van der Waals surface area contributed by atoms with Crippen molar-refractivity contribution in [1.82, 2.24) is 10.2 Å². The summed E-state index contributed by atoms with van der Waals surface area (Å²) < 4.78 is 0. The largest absolute Gasteiger partial charge is 0.354 e. The predicted molar refractivity (Wildman–Crippen MR) is 120 cm³/mol. The van der Waals surface area contributed by atoms with Crippen molar-refractivity contribution in [1.29, 1.82) is 0 Å². The van der Waals surface area contributed by atoms with Crippen molar-refractivity contribution in [3.63, 3.8) is 0 Å². The van der Waals surface area contributed by atoms with E-state index in [-0.39, 0.29) is 36.6 Å². The lowest BCUT2D eigenvalue weighted by molar-refractivity contribution is -0.124. The van der Waals surface area contributed by atoms with Gasteiger partial charge in [0.1, 0.15) is 0 Å². The molecule has 0 radical (unpaired) electrons. The second kappa shape index (κ2) is 8.97. The smallest absolute Gasteiger partial charge is 0.293 e. The van der Waals surface area contributed by atoms with Gasteiger partial charge in [0.05, 0.1) is 11.3 Å². The summed E-state index contributed by atoms with van der Waals surface area (Å²) in [6, 6.07) is 23.3. The van der Waals surface area contributed by atoms with Gasteiger partial charge in [0, 0.05) is 13.1 Å². The molecule has 150 valence electrons. The number of nitrogens with one attached hydrogen (secondary N) is 1. The van der Waals surface area contributed by atoms with Crippen molar-refractivity contribution < 1.29 is 14.4 Å². The predicted octanol–water partition coefficient (Wildman–Crippen LogP) is 4.24. The minimum Gasteiger partial charge on any atom is -0.354 e. The first-order chi connectivity index (χ1) is 14.6. The third kappa shape index (κ3) is 4.60. The Morgan fingerprint density at radius 2 is 1.67 bits per heavy atom. The van der Waals surface area contributed by atoms with Crippen molar-refractivity contribution in [2.75, 3.05) is 13.1 Å². The fraction of sp³-hybridized carbons (Fsp3) is 0.125. The molecule has 3 amide bonds. The quantitative estimate of drug-likeness (QED) is 0.611. The maximum atomic E-state index is 12.5. The Morgan fingerprint density at radius 1 is 0.933 bits per heavy atom. The molecular formula is C24H20N2O3S. The van der Waals surface area contributed by atoms with E-state index >= 15 is 0 Å². The Kier molecular flexibility index (Phi) is 5.95. The first-order valence-electron chi connectivity index (χ1n) is 9.65. The van der Waals surface area contributed by atoms with Crippen molar-refractivity contribution >= 4 is 45.7 Å². The number of nitrogens with zero attached hydrogens (tertiary/aromatic N) is 1. The van der Waals surface area contributed by atoms with Crippen LogP contribution >= 0.6 is 11.8 Å².